The first-order valence-electron chi connectivity index (χ1n) is 7.34. The van der Waals surface area contributed by atoms with Crippen LogP contribution in [-0.4, -0.2) is 32.5 Å². The zero-order chi connectivity index (χ0) is 14.7. The van der Waals surface area contributed by atoms with Crippen molar-refractivity contribution >= 4 is 0 Å². The van der Waals surface area contributed by atoms with E-state index >= 15 is 0 Å². The van der Waals surface area contributed by atoms with E-state index in [2.05, 4.69) is 14.9 Å². The van der Waals surface area contributed by atoms with Crippen LogP contribution in [0.2, 0.25) is 0 Å². The molecule has 2 aromatic heterocycles. The van der Waals surface area contributed by atoms with Crippen molar-refractivity contribution in [1.29, 1.82) is 0 Å². The standard InChI is InChI=1S/C15H20N4O2/c1-12-17-14(10-21-12)9-18-6-3-13(4-7-18)8-19-11-16-5-2-15(19)20/h2,5,10-11,13H,3-4,6-9H2,1H3. The van der Waals surface area contributed by atoms with Gasteiger partial charge in [0.05, 0.1) is 12.0 Å². The van der Waals surface area contributed by atoms with E-state index in [9.17, 15) is 4.79 Å². The van der Waals surface area contributed by atoms with Crippen molar-refractivity contribution in [2.75, 3.05) is 13.1 Å². The third-order valence-corrected chi connectivity index (χ3v) is 4.01. The summed E-state index contributed by atoms with van der Waals surface area (Å²) in [5, 5.41) is 0. The van der Waals surface area contributed by atoms with Crippen molar-refractivity contribution in [3.63, 3.8) is 0 Å². The maximum absolute atomic E-state index is 11.7. The maximum atomic E-state index is 11.7. The molecule has 1 aliphatic rings. The Labute approximate surface area is 123 Å². The van der Waals surface area contributed by atoms with Crippen molar-refractivity contribution in [2.24, 2.45) is 5.92 Å². The molecule has 0 aromatic carbocycles. The quantitative estimate of drug-likeness (QED) is 0.852. The molecule has 1 fully saturated rings. The van der Waals surface area contributed by atoms with Gasteiger partial charge in [0, 0.05) is 32.3 Å². The Morgan fingerprint density at radius 3 is 2.86 bits per heavy atom. The fraction of sp³-hybridized carbons (Fsp3) is 0.533. The summed E-state index contributed by atoms with van der Waals surface area (Å²) in [4.78, 5) is 22.4. The zero-order valence-corrected chi connectivity index (χ0v) is 12.2. The normalized spacial score (nSPS) is 17.2. The lowest BCUT2D eigenvalue weighted by molar-refractivity contribution is 0.164. The van der Waals surface area contributed by atoms with E-state index in [-0.39, 0.29) is 5.56 Å². The van der Waals surface area contributed by atoms with Gasteiger partial charge in [0.1, 0.15) is 6.26 Å². The fourth-order valence-corrected chi connectivity index (χ4v) is 2.83. The summed E-state index contributed by atoms with van der Waals surface area (Å²) in [6.07, 6.45) is 7.10. The molecular formula is C15H20N4O2. The molecule has 2 aromatic rings. The number of oxazole rings is 1. The van der Waals surface area contributed by atoms with Crippen molar-refractivity contribution < 1.29 is 4.42 Å². The lowest BCUT2D eigenvalue weighted by atomic mass is 9.96. The molecule has 0 atom stereocenters. The monoisotopic (exact) mass is 288 g/mol. The molecule has 0 aliphatic carbocycles. The highest BCUT2D eigenvalue weighted by molar-refractivity contribution is 4.95. The summed E-state index contributed by atoms with van der Waals surface area (Å²) >= 11 is 0. The molecule has 3 heterocycles. The van der Waals surface area contributed by atoms with Gasteiger partial charge in [-0.15, -0.1) is 0 Å². The molecule has 0 bridgehead atoms. The minimum Gasteiger partial charge on any atom is -0.449 e. The highest BCUT2D eigenvalue weighted by Gasteiger charge is 2.20. The third-order valence-electron chi connectivity index (χ3n) is 4.01. The van der Waals surface area contributed by atoms with Crippen LogP contribution in [0.5, 0.6) is 0 Å². The highest BCUT2D eigenvalue weighted by atomic mass is 16.3. The smallest absolute Gasteiger partial charge is 0.253 e. The Bertz CT molecular complexity index is 641. The Morgan fingerprint density at radius 1 is 1.38 bits per heavy atom. The molecule has 0 N–H and O–H groups in total. The van der Waals surface area contributed by atoms with Crippen molar-refractivity contribution in [3.05, 3.63) is 46.8 Å². The SMILES string of the molecule is Cc1nc(CN2CCC(Cn3cnccc3=O)CC2)co1. The number of hydrogen-bond donors (Lipinski definition) is 0. The summed E-state index contributed by atoms with van der Waals surface area (Å²) in [5.41, 5.74) is 1.03. The lowest BCUT2D eigenvalue weighted by Gasteiger charge is -2.31. The van der Waals surface area contributed by atoms with E-state index in [4.69, 9.17) is 4.42 Å². The molecule has 0 radical (unpaired) electrons. The molecule has 1 saturated heterocycles. The van der Waals surface area contributed by atoms with Crippen LogP contribution < -0.4 is 5.56 Å². The molecule has 6 heteroatoms. The molecule has 3 rings (SSSR count). The first-order valence-corrected chi connectivity index (χ1v) is 7.34. The third kappa shape index (κ3) is 3.58. The first kappa shape index (κ1) is 14.0. The summed E-state index contributed by atoms with van der Waals surface area (Å²) in [6.45, 7) is 5.54. The van der Waals surface area contributed by atoms with E-state index in [0.717, 1.165) is 50.6 Å². The summed E-state index contributed by atoms with van der Waals surface area (Å²) < 4.78 is 6.95. The van der Waals surface area contributed by atoms with Crippen LogP contribution in [0.25, 0.3) is 0 Å². The fourth-order valence-electron chi connectivity index (χ4n) is 2.83. The largest absolute Gasteiger partial charge is 0.449 e. The molecule has 112 valence electrons. The van der Waals surface area contributed by atoms with Gasteiger partial charge < -0.3 is 4.42 Å². The van der Waals surface area contributed by atoms with Gasteiger partial charge in [0.25, 0.3) is 5.56 Å². The van der Waals surface area contributed by atoms with Crippen LogP contribution in [0.1, 0.15) is 24.4 Å². The lowest BCUT2D eigenvalue weighted by Crippen LogP contribution is -2.36. The van der Waals surface area contributed by atoms with Crippen LogP contribution in [0.4, 0.5) is 0 Å². The number of nitrogens with zero attached hydrogens (tertiary/aromatic N) is 4. The molecule has 21 heavy (non-hydrogen) atoms. The van der Waals surface area contributed by atoms with Crippen LogP contribution >= 0.6 is 0 Å². The highest BCUT2D eigenvalue weighted by Crippen LogP contribution is 2.20. The van der Waals surface area contributed by atoms with Gasteiger partial charge in [-0.25, -0.2) is 9.97 Å². The minimum atomic E-state index is 0.0329. The number of piperidine rings is 1. The Kier molecular flexibility index (Phi) is 4.15. The summed E-state index contributed by atoms with van der Waals surface area (Å²) in [7, 11) is 0. The number of aryl methyl sites for hydroxylation is 1. The van der Waals surface area contributed by atoms with Crippen LogP contribution in [0.15, 0.2) is 34.1 Å². The van der Waals surface area contributed by atoms with E-state index in [1.165, 1.54) is 6.07 Å². The zero-order valence-electron chi connectivity index (χ0n) is 12.2. The molecule has 0 spiro atoms. The predicted molar refractivity (Wildman–Crippen MR) is 77.7 cm³/mol. The number of aromatic nitrogens is 3. The maximum Gasteiger partial charge on any atom is 0.253 e. The van der Waals surface area contributed by atoms with Gasteiger partial charge >= 0.3 is 0 Å². The van der Waals surface area contributed by atoms with E-state index in [1.54, 1.807) is 23.4 Å². The van der Waals surface area contributed by atoms with Gasteiger partial charge in [-0.1, -0.05) is 0 Å². The average Bonchev–Trinajstić information content (AvgIpc) is 2.89. The second kappa shape index (κ2) is 6.22. The summed E-state index contributed by atoms with van der Waals surface area (Å²) in [5.74, 6) is 1.26. The van der Waals surface area contributed by atoms with Gasteiger partial charge in [0.2, 0.25) is 0 Å². The van der Waals surface area contributed by atoms with Gasteiger partial charge in [-0.2, -0.15) is 0 Å². The van der Waals surface area contributed by atoms with E-state index in [1.807, 2.05) is 6.92 Å². The first-order chi connectivity index (χ1) is 10.2. The Hall–Kier alpha value is -1.95. The van der Waals surface area contributed by atoms with Crippen molar-refractivity contribution in [2.45, 2.75) is 32.9 Å². The molecule has 1 aliphatic heterocycles. The molecule has 6 nitrogen and oxygen atoms in total. The summed E-state index contributed by atoms with van der Waals surface area (Å²) in [6, 6.07) is 1.52. The topological polar surface area (TPSA) is 64.2 Å². The molecule has 0 saturated carbocycles. The second-order valence-electron chi connectivity index (χ2n) is 5.65. The van der Waals surface area contributed by atoms with Crippen LogP contribution in [-0.2, 0) is 13.1 Å². The van der Waals surface area contributed by atoms with Gasteiger partial charge in [0.15, 0.2) is 5.89 Å². The van der Waals surface area contributed by atoms with Gasteiger partial charge in [-0.05, 0) is 31.8 Å². The predicted octanol–water partition coefficient (Wildman–Crippen LogP) is 1.45. The minimum absolute atomic E-state index is 0.0329. The average molecular weight is 288 g/mol. The Balaban J connectivity index is 1.51. The Morgan fingerprint density at radius 2 is 2.19 bits per heavy atom. The number of likely N-dealkylation sites (tertiary alicyclic amines) is 1. The van der Waals surface area contributed by atoms with Gasteiger partial charge in [-0.3, -0.25) is 14.3 Å². The van der Waals surface area contributed by atoms with Crippen molar-refractivity contribution in [1.82, 2.24) is 19.4 Å². The molecule has 0 amide bonds. The van der Waals surface area contributed by atoms with Crippen molar-refractivity contribution in [3.8, 4) is 0 Å². The molecule has 0 unspecified atom stereocenters. The van der Waals surface area contributed by atoms with E-state index in [0.29, 0.717) is 5.92 Å². The number of hydrogen-bond acceptors (Lipinski definition) is 5. The van der Waals surface area contributed by atoms with E-state index < -0.39 is 0 Å². The number of rotatable bonds is 4. The molecular weight excluding hydrogens is 268 g/mol. The van der Waals surface area contributed by atoms with Crippen LogP contribution in [0, 0.1) is 12.8 Å². The second-order valence-corrected chi connectivity index (χ2v) is 5.65. The van der Waals surface area contributed by atoms with Crippen LogP contribution in [0.3, 0.4) is 0 Å².